The summed E-state index contributed by atoms with van der Waals surface area (Å²) < 4.78 is 0. The molecule has 0 aromatic heterocycles. The molecule has 1 saturated heterocycles. The van der Waals surface area contributed by atoms with Gasteiger partial charge in [-0.15, -0.1) is 0 Å². The molecule has 1 aliphatic carbocycles. The van der Waals surface area contributed by atoms with E-state index < -0.39 is 0 Å². The second-order valence-electron chi connectivity index (χ2n) is 7.26. The van der Waals surface area contributed by atoms with E-state index in [1.165, 1.54) is 32.1 Å². The van der Waals surface area contributed by atoms with Crippen molar-refractivity contribution in [2.45, 2.75) is 65.2 Å². The summed E-state index contributed by atoms with van der Waals surface area (Å²) in [6.45, 7) is 7.01. The molecule has 0 atom stereocenters. The van der Waals surface area contributed by atoms with E-state index in [-0.39, 0.29) is 18.1 Å². The van der Waals surface area contributed by atoms with E-state index in [4.69, 9.17) is 0 Å². The number of aliphatic hydroxyl groups is 1. The SMILES string of the molecule is CCCC1(CNC(=O)N2CCC(CC)(CO)CC2)CCC1. The summed E-state index contributed by atoms with van der Waals surface area (Å²) in [7, 11) is 0. The predicted octanol–water partition coefficient (Wildman–Crippen LogP) is 3.15. The van der Waals surface area contributed by atoms with E-state index in [1.807, 2.05) is 4.90 Å². The van der Waals surface area contributed by atoms with Gasteiger partial charge in [0.2, 0.25) is 0 Å². The number of hydrogen-bond acceptors (Lipinski definition) is 2. The average molecular weight is 296 g/mol. The van der Waals surface area contributed by atoms with E-state index in [9.17, 15) is 9.90 Å². The third-order valence-corrected chi connectivity index (χ3v) is 6.01. The number of nitrogens with one attached hydrogen (secondary N) is 1. The molecule has 0 unspecified atom stereocenters. The molecule has 2 fully saturated rings. The van der Waals surface area contributed by atoms with Crippen molar-refractivity contribution in [3.63, 3.8) is 0 Å². The molecule has 0 aromatic rings. The lowest BCUT2D eigenvalue weighted by Crippen LogP contribution is -2.51. The molecule has 1 saturated carbocycles. The lowest BCUT2D eigenvalue weighted by Gasteiger charge is -2.43. The molecule has 21 heavy (non-hydrogen) atoms. The summed E-state index contributed by atoms with van der Waals surface area (Å²) in [6.07, 6.45) is 9.13. The highest BCUT2D eigenvalue weighted by molar-refractivity contribution is 5.74. The number of amides is 2. The van der Waals surface area contributed by atoms with Crippen molar-refractivity contribution in [3.05, 3.63) is 0 Å². The molecule has 0 radical (unpaired) electrons. The molecule has 0 aromatic carbocycles. The van der Waals surface area contributed by atoms with Gasteiger partial charge in [-0.2, -0.15) is 0 Å². The van der Waals surface area contributed by atoms with Crippen LogP contribution < -0.4 is 5.32 Å². The summed E-state index contributed by atoms with van der Waals surface area (Å²) in [5, 5.41) is 12.7. The number of urea groups is 1. The second kappa shape index (κ2) is 6.99. The Morgan fingerprint density at radius 3 is 2.24 bits per heavy atom. The summed E-state index contributed by atoms with van der Waals surface area (Å²) >= 11 is 0. The van der Waals surface area contributed by atoms with E-state index >= 15 is 0 Å². The molecular weight excluding hydrogens is 264 g/mol. The van der Waals surface area contributed by atoms with Crippen molar-refractivity contribution >= 4 is 6.03 Å². The van der Waals surface area contributed by atoms with E-state index in [0.717, 1.165) is 38.9 Å². The van der Waals surface area contributed by atoms with E-state index in [0.29, 0.717) is 5.41 Å². The Kier molecular flexibility index (Phi) is 5.53. The Bertz CT molecular complexity index is 339. The summed E-state index contributed by atoms with van der Waals surface area (Å²) in [4.78, 5) is 14.3. The van der Waals surface area contributed by atoms with Crippen molar-refractivity contribution in [1.29, 1.82) is 0 Å². The third kappa shape index (κ3) is 3.71. The quantitative estimate of drug-likeness (QED) is 0.791. The zero-order valence-electron chi connectivity index (χ0n) is 13.8. The summed E-state index contributed by atoms with van der Waals surface area (Å²) in [5.41, 5.74) is 0.437. The van der Waals surface area contributed by atoms with Gasteiger partial charge in [0.15, 0.2) is 0 Å². The van der Waals surface area contributed by atoms with Crippen molar-refractivity contribution in [2.24, 2.45) is 10.8 Å². The predicted molar refractivity (Wildman–Crippen MR) is 85.2 cm³/mol. The van der Waals surface area contributed by atoms with Crippen LogP contribution in [0.3, 0.4) is 0 Å². The Balaban J connectivity index is 1.77. The van der Waals surface area contributed by atoms with Crippen molar-refractivity contribution in [3.8, 4) is 0 Å². The molecule has 2 N–H and O–H groups in total. The van der Waals surface area contributed by atoms with Crippen LogP contribution in [-0.2, 0) is 0 Å². The van der Waals surface area contributed by atoms with Crippen LogP contribution in [-0.4, -0.2) is 42.3 Å². The maximum atomic E-state index is 12.3. The second-order valence-corrected chi connectivity index (χ2v) is 7.26. The molecule has 1 heterocycles. The van der Waals surface area contributed by atoms with Gasteiger partial charge in [0.1, 0.15) is 0 Å². The first-order valence-electron chi connectivity index (χ1n) is 8.72. The van der Waals surface area contributed by atoms with Crippen LogP contribution in [0.1, 0.15) is 65.2 Å². The van der Waals surface area contributed by atoms with Crippen molar-refractivity contribution in [1.82, 2.24) is 10.2 Å². The number of piperidine rings is 1. The number of aliphatic hydroxyl groups excluding tert-OH is 1. The Labute approximate surface area is 129 Å². The van der Waals surface area contributed by atoms with E-state index in [2.05, 4.69) is 19.2 Å². The molecule has 0 spiro atoms. The lowest BCUT2D eigenvalue weighted by molar-refractivity contribution is 0.0498. The van der Waals surface area contributed by atoms with Gasteiger partial charge in [-0.3, -0.25) is 0 Å². The molecule has 4 heteroatoms. The van der Waals surface area contributed by atoms with Gasteiger partial charge in [-0.1, -0.05) is 26.7 Å². The fourth-order valence-corrected chi connectivity index (χ4v) is 3.90. The standard InChI is InChI=1S/C17H32N2O2/c1-3-6-17(7-5-8-17)13-18-15(21)19-11-9-16(4-2,14-20)10-12-19/h20H,3-14H2,1-2H3,(H,18,21). The Morgan fingerprint density at radius 1 is 1.14 bits per heavy atom. The average Bonchev–Trinajstić information content (AvgIpc) is 2.49. The molecule has 2 rings (SSSR count). The number of rotatable bonds is 6. The highest BCUT2D eigenvalue weighted by Gasteiger charge is 2.37. The van der Waals surface area contributed by atoms with Crippen LogP contribution in [0.5, 0.6) is 0 Å². The van der Waals surface area contributed by atoms with E-state index in [1.54, 1.807) is 0 Å². The van der Waals surface area contributed by atoms with Gasteiger partial charge in [-0.05, 0) is 49.4 Å². The van der Waals surface area contributed by atoms with Gasteiger partial charge in [0.05, 0.1) is 0 Å². The van der Waals surface area contributed by atoms with Gasteiger partial charge in [-0.25, -0.2) is 4.79 Å². The molecular formula is C17H32N2O2. The third-order valence-electron chi connectivity index (χ3n) is 6.01. The molecule has 1 aliphatic heterocycles. The zero-order chi connectivity index (χ0) is 15.3. The van der Waals surface area contributed by atoms with Crippen LogP contribution in [0.2, 0.25) is 0 Å². The van der Waals surface area contributed by atoms with Gasteiger partial charge in [0.25, 0.3) is 0 Å². The molecule has 122 valence electrons. The highest BCUT2D eigenvalue weighted by atomic mass is 16.3. The minimum absolute atomic E-state index is 0.0498. The first-order valence-corrected chi connectivity index (χ1v) is 8.72. The smallest absolute Gasteiger partial charge is 0.317 e. The minimum Gasteiger partial charge on any atom is -0.396 e. The maximum Gasteiger partial charge on any atom is 0.317 e. The molecule has 2 aliphatic rings. The summed E-state index contributed by atoms with van der Waals surface area (Å²) in [5.74, 6) is 0. The number of hydrogen-bond donors (Lipinski definition) is 2. The number of nitrogens with zero attached hydrogens (tertiary/aromatic N) is 1. The van der Waals surface area contributed by atoms with Crippen LogP contribution >= 0.6 is 0 Å². The molecule has 4 nitrogen and oxygen atoms in total. The van der Waals surface area contributed by atoms with Crippen LogP contribution in [0.15, 0.2) is 0 Å². The Morgan fingerprint density at radius 2 is 1.81 bits per heavy atom. The highest BCUT2D eigenvalue weighted by Crippen LogP contribution is 2.44. The molecule has 2 amide bonds. The Hall–Kier alpha value is -0.770. The first-order chi connectivity index (χ1) is 10.1. The monoisotopic (exact) mass is 296 g/mol. The zero-order valence-corrected chi connectivity index (χ0v) is 13.8. The van der Waals surface area contributed by atoms with Gasteiger partial charge in [0, 0.05) is 26.2 Å². The fourth-order valence-electron chi connectivity index (χ4n) is 3.90. The first kappa shape index (κ1) is 16.6. The van der Waals surface area contributed by atoms with Crippen molar-refractivity contribution in [2.75, 3.05) is 26.2 Å². The minimum atomic E-state index is 0.0498. The normalized spacial score (nSPS) is 23.5. The lowest BCUT2D eigenvalue weighted by atomic mass is 9.66. The molecule has 0 bridgehead atoms. The summed E-state index contributed by atoms with van der Waals surface area (Å²) in [6, 6.07) is 0.0972. The number of likely N-dealkylation sites (tertiary alicyclic amines) is 1. The largest absolute Gasteiger partial charge is 0.396 e. The maximum absolute atomic E-state index is 12.3. The van der Waals surface area contributed by atoms with Crippen LogP contribution in [0.4, 0.5) is 4.79 Å². The van der Waals surface area contributed by atoms with Crippen LogP contribution in [0, 0.1) is 10.8 Å². The number of carbonyl (C=O) groups excluding carboxylic acids is 1. The van der Waals surface area contributed by atoms with Gasteiger partial charge >= 0.3 is 6.03 Å². The topological polar surface area (TPSA) is 52.6 Å². The fraction of sp³-hybridized carbons (Fsp3) is 0.941. The van der Waals surface area contributed by atoms with Crippen LogP contribution in [0.25, 0.3) is 0 Å². The number of carbonyl (C=O) groups is 1. The van der Waals surface area contributed by atoms with Gasteiger partial charge < -0.3 is 15.3 Å². The van der Waals surface area contributed by atoms with Crippen molar-refractivity contribution < 1.29 is 9.90 Å².